The van der Waals surface area contributed by atoms with Crippen molar-refractivity contribution in [2.75, 3.05) is 13.2 Å². The quantitative estimate of drug-likeness (QED) is 0.760. The van der Waals surface area contributed by atoms with Crippen LogP contribution in [0.4, 0.5) is 4.39 Å². The molecule has 0 bridgehead atoms. The highest BCUT2D eigenvalue weighted by Crippen LogP contribution is 2.43. The maximum atomic E-state index is 15.4. The van der Waals surface area contributed by atoms with E-state index in [0.29, 0.717) is 13.2 Å². The summed E-state index contributed by atoms with van der Waals surface area (Å²) in [4.78, 5) is 0.962. The molecule has 0 unspecified atom stereocenters. The van der Waals surface area contributed by atoms with E-state index in [1.165, 1.54) is 0 Å². The highest BCUT2D eigenvalue weighted by atomic mass is 32.1. The molecule has 0 atom stereocenters. The van der Waals surface area contributed by atoms with Crippen LogP contribution in [0.1, 0.15) is 45.4 Å². The van der Waals surface area contributed by atoms with Gasteiger partial charge in [0.1, 0.15) is 5.73 Å². The van der Waals surface area contributed by atoms with Gasteiger partial charge in [-0.05, 0) is 57.9 Å². The van der Waals surface area contributed by atoms with E-state index in [9.17, 15) is 0 Å². The maximum Gasteiger partial charge on any atom is 0.525 e. The minimum Gasteiger partial charge on any atom is -0.398 e. The molecule has 2 fully saturated rings. The molecule has 3 rings (SSSR count). The fraction of sp³-hybridized carbons (Fsp3) is 0.647. The standard InChI is InChI=1S/C17H24BFO3S/c1-16(2)17(3,4)22-18(21-16)15(19)14(13-6-5-11-23-13)12-7-9-20-10-8-12/h5-6,11-12H,7-10H2,1-4H3. The highest BCUT2D eigenvalue weighted by molar-refractivity contribution is 7.11. The second kappa shape index (κ2) is 6.32. The van der Waals surface area contributed by atoms with Gasteiger partial charge >= 0.3 is 7.12 Å². The lowest BCUT2D eigenvalue weighted by Crippen LogP contribution is -2.41. The third-order valence-electron chi connectivity index (χ3n) is 5.13. The zero-order valence-electron chi connectivity index (χ0n) is 14.2. The first-order chi connectivity index (χ1) is 10.8. The van der Waals surface area contributed by atoms with Gasteiger partial charge in [0.2, 0.25) is 0 Å². The van der Waals surface area contributed by atoms with Crippen LogP contribution in [0.3, 0.4) is 0 Å². The number of halogens is 1. The summed E-state index contributed by atoms with van der Waals surface area (Å²) in [6, 6.07) is 3.93. The van der Waals surface area contributed by atoms with Crippen molar-refractivity contribution in [2.24, 2.45) is 5.92 Å². The third-order valence-corrected chi connectivity index (χ3v) is 6.04. The molecule has 0 radical (unpaired) electrons. The molecule has 1 aromatic rings. The average molecular weight is 338 g/mol. The number of hydrogen-bond acceptors (Lipinski definition) is 4. The lowest BCUT2D eigenvalue weighted by atomic mass is 9.78. The Balaban J connectivity index is 1.96. The first kappa shape index (κ1) is 17.1. The Morgan fingerprint density at radius 3 is 2.30 bits per heavy atom. The van der Waals surface area contributed by atoms with Gasteiger partial charge in [-0.3, -0.25) is 0 Å². The number of ether oxygens (including phenoxy) is 1. The summed E-state index contributed by atoms with van der Waals surface area (Å²) in [6.45, 7) is 9.13. The summed E-state index contributed by atoms with van der Waals surface area (Å²) < 4.78 is 32.7. The van der Waals surface area contributed by atoms with Gasteiger partial charge in [0.05, 0.1) is 11.2 Å². The van der Waals surface area contributed by atoms with Gasteiger partial charge in [0, 0.05) is 23.7 Å². The van der Waals surface area contributed by atoms with E-state index < -0.39 is 18.3 Å². The molecule has 2 aliphatic heterocycles. The van der Waals surface area contributed by atoms with Gasteiger partial charge in [0.25, 0.3) is 0 Å². The van der Waals surface area contributed by atoms with Gasteiger partial charge < -0.3 is 14.0 Å². The molecule has 6 heteroatoms. The maximum absolute atomic E-state index is 15.4. The molecule has 2 saturated heterocycles. The van der Waals surface area contributed by atoms with Crippen LogP contribution in [-0.4, -0.2) is 31.5 Å². The number of thiophene rings is 1. The van der Waals surface area contributed by atoms with Gasteiger partial charge in [-0.2, -0.15) is 0 Å². The summed E-state index contributed by atoms with van der Waals surface area (Å²) in [5, 5.41) is 1.98. The van der Waals surface area contributed by atoms with Crippen LogP contribution in [0.5, 0.6) is 0 Å². The molecular weight excluding hydrogens is 314 g/mol. The first-order valence-electron chi connectivity index (χ1n) is 8.19. The van der Waals surface area contributed by atoms with E-state index in [0.717, 1.165) is 23.3 Å². The molecule has 3 heterocycles. The van der Waals surface area contributed by atoms with Crippen LogP contribution in [0.2, 0.25) is 0 Å². The Hall–Kier alpha value is -0.685. The van der Waals surface area contributed by atoms with Crippen LogP contribution in [0.15, 0.2) is 23.2 Å². The SMILES string of the molecule is CC1(C)OB(C(F)=C(c2cccs2)C2CCOCC2)OC1(C)C. The van der Waals surface area contributed by atoms with E-state index in [2.05, 4.69) is 0 Å². The molecule has 0 N–H and O–H groups in total. The molecule has 126 valence electrons. The Morgan fingerprint density at radius 1 is 1.17 bits per heavy atom. The Kier molecular flexibility index (Phi) is 4.71. The zero-order valence-corrected chi connectivity index (χ0v) is 15.0. The summed E-state index contributed by atoms with van der Waals surface area (Å²) in [6.07, 6.45) is 1.67. The molecule has 0 aliphatic carbocycles. The topological polar surface area (TPSA) is 27.7 Å². The molecule has 0 amide bonds. The lowest BCUT2D eigenvalue weighted by Gasteiger charge is -2.32. The van der Waals surface area contributed by atoms with Gasteiger partial charge in [-0.25, -0.2) is 4.39 Å². The lowest BCUT2D eigenvalue weighted by molar-refractivity contribution is 0.00578. The Bertz CT molecular complexity index is 561. The molecule has 0 saturated carbocycles. The molecule has 3 nitrogen and oxygen atoms in total. The van der Waals surface area contributed by atoms with Crippen LogP contribution in [0.25, 0.3) is 5.57 Å². The van der Waals surface area contributed by atoms with E-state index in [-0.39, 0.29) is 11.6 Å². The Morgan fingerprint density at radius 2 is 1.78 bits per heavy atom. The minimum absolute atomic E-state index is 0.154. The van der Waals surface area contributed by atoms with Crippen molar-refractivity contribution in [1.82, 2.24) is 0 Å². The number of hydrogen-bond donors (Lipinski definition) is 0. The molecule has 0 aromatic carbocycles. The molecule has 23 heavy (non-hydrogen) atoms. The normalized spacial score (nSPS) is 25.5. The second-order valence-corrected chi connectivity index (χ2v) is 8.16. The van der Waals surface area contributed by atoms with Crippen molar-refractivity contribution in [3.63, 3.8) is 0 Å². The van der Waals surface area contributed by atoms with Gasteiger partial charge in [-0.1, -0.05) is 6.07 Å². The second-order valence-electron chi connectivity index (χ2n) is 7.21. The van der Waals surface area contributed by atoms with Crippen LogP contribution >= 0.6 is 11.3 Å². The number of allylic oxidation sites excluding steroid dienone is 1. The van der Waals surface area contributed by atoms with E-state index in [4.69, 9.17) is 14.0 Å². The average Bonchev–Trinajstić information content (AvgIpc) is 3.07. The fourth-order valence-corrected chi connectivity index (χ4v) is 3.86. The predicted molar refractivity (Wildman–Crippen MR) is 92.0 cm³/mol. The van der Waals surface area contributed by atoms with Crippen LogP contribution < -0.4 is 0 Å². The van der Waals surface area contributed by atoms with Crippen molar-refractivity contribution >= 4 is 24.0 Å². The minimum atomic E-state index is -0.931. The Labute approximate surface area is 142 Å². The fourth-order valence-electron chi connectivity index (χ4n) is 3.01. The van der Waals surface area contributed by atoms with Gasteiger partial charge in [-0.15, -0.1) is 11.3 Å². The molecule has 0 spiro atoms. The van der Waals surface area contributed by atoms with E-state index in [1.54, 1.807) is 11.3 Å². The van der Waals surface area contributed by atoms with Crippen molar-refractivity contribution in [2.45, 2.75) is 51.7 Å². The molecule has 1 aromatic heterocycles. The summed E-state index contributed by atoms with van der Waals surface area (Å²) >= 11 is 1.56. The number of rotatable bonds is 3. The van der Waals surface area contributed by atoms with Crippen LogP contribution in [0, 0.1) is 5.92 Å². The van der Waals surface area contributed by atoms with Crippen molar-refractivity contribution < 1.29 is 18.4 Å². The van der Waals surface area contributed by atoms with Crippen LogP contribution in [-0.2, 0) is 14.0 Å². The van der Waals surface area contributed by atoms with E-state index in [1.807, 2.05) is 45.2 Å². The van der Waals surface area contributed by atoms with Crippen molar-refractivity contribution in [3.05, 3.63) is 28.1 Å². The highest BCUT2D eigenvalue weighted by Gasteiger charge is 2.54. The molecular formula is C17H24BFO3S. The van der Waals surface area contributed by atoms with E-state index >= 15 is 4.39 Å². The van der Waals surface area contributed by atoms with Gasteiger partial charge in [0.15, 0.2) is 0 Å². The summed E-state index contributed by atoms with van der Waals surface area (Å²) in [5.74, 6) is 0.154. The van der Waals surface area contributed by atoms with Crippen molar-refractivity contribution in [3.8, 4) is 0 Å². The largest absolute Gasteiger partial charge is 0.525 e. The predicted octanol–water partition coefficient (Wildman–Crippen LogP) is 4.49. The summed E-state index contributed by atoms with van der Waals surface area (Å²) in [5.41, 5.74) is -0.615. The zero-order chi connectivity index (χ0) is 16.7. The summed E-state index contributed by atoms with van der Waals surface area (Å²) in [7, 11) is -0.931. The first-order valence-corrected chi connectivity index (χ1v) is 9.06. The third kappa shape index (κ3) is 3.27. The van der Waals surface area contributed by atoms with Crippen molar-refractivity contribution in [1.29, 1.82) is 0 Å². The molecule has 2 aliphatic rings. The smallest absolute Gasteiger partial charge is 0.398 e. The monoisotopic (exact) mass is 338 g/mol.